The topological polar surface area (TPSA) is 122 Å². The summed E-state index contributed by atoms with van der Waals surface area (Å²) in [5.41, 5.74) is 9.89. The molecule has 0 atom stereocenters. The summed E-state index contributed by atoms with van der Waals surface area (Å²) in [6, 6.07) is 16.1. The number of nitrogens with zero attached hydrogens (tertiary/aromatic N) is 3. The van der Waals surface area contributed by atoms with Crippen LogP contribution in [0.1, 0.15) is 28.0 Å². The van der Waals surface area contributed by atoms with Gasteiger partial charge in [0.15, 0.2) is 0 Å². The molecule has 2 aromatic carbocycles. The molecule has 5 rings (SSSR count). The van der Waals surface area contributed by atoms with E-state index in [0.29, 0.717) is 31.1 Å². The first kappa shape index (κ1) is 26.5. The second-order valence-electron chi connectivity index (χ2n) is 9.67. The van der Waals surface area contributed by atoms with Crippen molar-refractivity contribution < 1.29 is 19.1 Å². The average Bonchev–Trinajstić information content (AvgIpc) is 3.43. The van der Waals surface area contributed by atoms with E-state index in [2.05, 4.69) is 20.5 Å². The zero-order valence-corrected chi connectivity index (χ0v) is 21.9. The van der Waals surface area contributed by atoms with E-state index in [1.807, 2.05) is 24.3 Å². The molecule has 0 bridgehead atoms. The van der Waals surface area contributed by atoms with Crippen molar-refractivity contribution in [3.63, 3.8) is 0 Å². The number of amides is 3. The van der Waals surface area contributed by atoms with E-state index in [1.165, 1.54) is 0 Å². The monoisotopic (exact) mass is 530 g/mol. The Morgan fingerprint density at radius 2 is 1.87 bits per heavy atom. The zero-order valence-electron chi connectivity index (χ0n) is 21.9. The second kappa shape index (κ2) is 12.6. The van der Waals surface area contributed by atoms with Gasteiger partial charge in [-0.1, -0.05) is 18.2 Å². The van der Waals surface area contributed by atoms with Crippen LogP contribution in [-0.4, -0.2) is 72.7 Å². The number of para-hydroxylation sites is 2. The van der Waals surface area contributed by atoms with E-state index in [0.717, 1.165) is 68.3 Å². The molecule has 2 aliphatic heterocycles. The Morgan fingerprint density at radius 3 is 2.67 bits per heavy atom. The molecule has 39 heavy (non-hydrogen) atoms. The average molecular weight is 531 g/mol. The van der Waals surface area contributed by atoms with Gasteiger partial charge in [-0.25, -0.2) is 4.79 Å². The molecule has 0 unspecified atom stereocenters. The number of benzene rings is 2. The maximum absolute atomic E-state index is 13.4. The number of fused-ring (bicyclic) bond motifs is 1. The third-order valence-corrected chi connectivity index (χ3v) is 6.87. The van der Waals surface area contributed by atoms with Crippen LogP contribution in [0.3, 0.4) is 0 Å². The summed E-state index contributed by atoms with van der Waals surface area (Å²) in [4.78, 5) is 34.5. The first-order valence-electron chi connectivity index (χ1n) is 13.3. The van der Waals surface area contributed by atoms with Crippen molar-refractivity contribution in [1.82, 2.24) is 14.8 Å². The number of nitrogen functional groups attached to an aromatic ring is 1. The van der Waals surface area contributed by atoms with Gasteiger partial charge in [-0.3, -0.25) is 14.7 Å². The summed E-state index contributed by atoms with van der Waals surface area (Å²) >= 11 is 0. The Morgan fingerprint density at radius 1 is 1.03 bits per heavy atom. The van der Waals surface area contributed by atoms with Crippen LogP contribution in [0.25, 0.3) is 0 Å². The highest BCUT2D eigenvalue weighted by molar-refractivity contribution is 6.04. The molecule has 3 aromatic rings. The Kier molecular flexibility index (Phi) is 8.55. The molecule has 3 heterocycles. The maximum Gasteiger partial charge on any atom is 0.322 e. The summed E-state index contributed by atoms with van der Waals surface area (Å²) in [6.07, 6.45) is 3.31. The molecular weight excluding hydrogens is 496 g/mol. The number of nitrogens with two attached hydrogens (primary N) is 1. The van der Waals surface area contributed by atoms with Crippen molar-refractivity contribution in [2.24, 2.45) is 0 Å². The lowest BCUT2D eigenvalue weighted by molar-refractivity contribution is 0.0365. The number of hydrogen-bond acceptors (Lipinski definition) is 7. The van der Waals surface area contributed by atoms with Gasteiger partial charge in [-0.15, -0.1) is 0 Å². The molecule has 2 aliphatic rings. The SMILES string of the molecule is Nc1ccccc1NC(=O)c1ccc(CN(CCCN2CCOCC2)C(=O)Nc2ccc3c(c2)CCO3)cn1. The Hall–Kier alpha value is -4.15. The van der Waals surface area contributed by atoms with Crippen LogP contribution in [0, 0.1) is 0 Å². The largest absolute Gasteiger partial charge is 0.493 e. The second-order valence-corrected chi connectivity index (χ2v) is 9.67. The molecule has 0 aliphatic carbocycles. The Labute approximate surface area is 228 Å². The number of carbonyl (C=O) groups is 2. The Bertz CT molecular complexity index is 1290. The van der Waals surface area contributed by atoms with Crippen LogP contribution < -0.4 is 21.1 Å². The lowest BCUT2D eigenvalue weighted by Crippen LogP contribution is -2.40. The van der Waals surface area contributed by atoms with Crippen molar-refractivity contribution in [2.45, 2.75) is 19.4 Å². The van der Waals surface area contributed by atoms with E-state index >= 15 is 0 Å². The first-order valence-corrected chi connectivity index (χ1v) is 13.3. The fourth-order valence-electron chi connectivity index (χ4n) is 4.70. The summed E-state index contributed by atoms with van der Waals surface area (Å²) < 4.78 is 11.0. The van der Waals surface area contributed by atoms with Crippen molar-refractivity contribution in [1.29, 1.82) is 0 Å². The normalized spacial score (nSPS) is 14.8. The first-order chi connectivity index (χ1) is 19.0. The molecule has 1 saturated heterocycles. The fourth-order valence-corrected chi connectivity index (χ4v) is 4.70. The van der Waals surface area contributed by atoms with E-state index < -0.39 is 0 Å². The van der Waals surface area contributed by atoms with Crippen LogP contribution in [0.2, 0.25) is 0 Å². The van der Waals surface area contributed by atoms with Crippen molar-refractivity contribution >= 4 is 29.0 Å². The van der Waals surface area contributed by atoms with Gasteiger partial charge in [-0.2, -0.15) is 0 Å². The molecule has 1 aromatic heterocycles. The minimum Gasteiger partial charge on any atom is -0.493 e. The molecule has 4 N–H and O–H groups in total. The fraction of sp³-hybridized carbons (Fsp3) is 0.345. The quantitative estimate of drug-likeness (QED) is 0.361. The predicted octanol–water partition coefficient (Wildman–Crippen LogP) is 3.61. The molecule has 1 fully saturated rings. The van der Waals surface area contributed by atoms with Crippen molar-refractivity contribution in [3.05, 3.63) is 77.6 Å². The van der Waals surface area contributed by atoms with E-state index in [1.54, 1.807) is 41.4 Å². The lowest BCUT2D eigenvalue weighted by Gasteiger charge is -2.28. The van der Waals surface area contributed by atoms with Crippen LogP contribution in [0.15, 0.2) is 60.8 Å². The zero-order chi connectivity index (χ0) is 27.0. The molecular formula is C29H34N6O4. The molecule has 0 spiro atoms. The number of anilines is 3. The summed E-state index contributed by atoms with van der Waals surface area (Å²) in [5.74, 6) is 0.528. The van der Waals surface area contributed by atoms with Crippen molar-refractivity contribution in [2.75, 3.05) is 62.4 Å². The number of pyridine rings is 1. The number of urea groups is 1. The van der Waals surface area contributed by atoms with Crippen LogP contribution in [0.4, 0.5) is 21.9 Å². The number of rotatable bonds is 9. The number of hydrogen-bond donors (Lipinski definition) is 3. The number of aromatic nitrogens is 1. The van der Waals surface area contributed by atoms with Gasteiger partial charge in [0.1, 0.15) is 11.4 Å². The van der Waals surface area contributed by atoms with E-state index in [4.69, 9.17) is 15.2 Å². The van der Waals surface area contributed by atoms with Gasteiger partial charge in [0.05, 0.1) is 31.2 Å². The van der Waals surface area contributed by atoms with Gasteiger partial charge in [0.25, 0.3) is 5.91 Å². The molecule has 204 valence electrons. The summed E-state index contributed by atoms with van der Waals surface area (Å²) in [6.45, 7) is 5.81. The molecule has 0 saturated carbocycles. The molecule has 10 nitrogen and oxygen atoms in total. The number of ether oxygens (including phenoxy) is 2. The third kappa shape index (κ3) is 7.04. The van der Waals surface area contributed by atoms with Gasteiger partial charge in [-0.05, 0) is 53.9 Å². The molecule has 3 amide bonds. The van der Waals surface area contributed by atoms with Crippen LogP contribution in [0.5, 0.6) is 5.75 Å². The minimum atomic E-state index is -0.347. The highest BCUT2D eigenvalue weighted by Gasteiger charge is 2.19. The number of morpholine rings is 1. The number of nitrogens with one attached hydrogen (secondary N) is 2. The van der Waals surface area contributed by atoms with Gasteiger partial charge in [0, 0.05) is 51.0 Å². The van der Waals surface area contributed by atoms with Crippen LogP contribution >= 0.6 is 0 Å². The summed E-state index contributed by atoms with van der Waals surface area (Å²) in [7, 11) is 0. The van der Waals surface area contributed by atoms with Gasteiger partial charge in [0.2, 0.25) is 0 Å². The third-order valence-electron chi connectivity index (χ3n) is 6.87. The van der Waals surface area contributed by atoms with Gasteiger partial charge >= 0.3 is 6.03 Å². The highest BCUT2D eigenvalue weighted by Crippen LogP contribution is 2.28. The standard InChI is InChI=1S/C29H34N6O4/c30-24-4-1-2-5-25(24)33-28(36)26-8-6-21(19-31-26)20-35(12-3-11-34-13-16-38-17-14-34)29(37)32-23-7-9-27-22(18-23)10-15-39-27/h1-2,4-9,18-19H,3,10-17,20,30H2,(H,32,37)(H,33,36). The van der Waals surface area contributed by atoms with E-state index in [-0.39, 0.29) is 17.6 Å². The minimum absolute atomic E-state index is 0.183. The van der Waals surface area contributed by atoms with E-state index in [9.17, 15) is 9.59 Å². The van der Waals surface area contributed by atoms with Crippen LogP contribution in [-0.2, 0) is 17.7 Å². The predicted molar refractivity (Wildman–Crippen MR) is 150 cm³/mol. The highest BCUT2D eigenvalue weighted by atomic mass is 16.5. The molecule has 0 radical (unpaired) electrons. The molecule has 10 heteroatoms. The Balaban J connectivity index is 1.23. The lowest BCUT2D eigenvalue weighted by atomic mass is 10.1. The van der Waals surface area contributed by atoms with Crippen molar-refractivity contribution in [3.8, 4) is 5.75 Å². The summed E-state index contributed by atoms with van der Waals surface area (Å²) in [5, 5.41) is 5.83. The smallest absolute Gasteiger partial charge is 0.322 e. The maximum atomic E-state index is 13.4. The van der Waals surface area contributed by atoms with Gasteiger partial charge < -0.3 is 30.7 Å². The number of carbonyl (C=O) groups excluding carboxylic acids is 2.